The lowest BCUT2D eigenvalue weighted by atomic mass is 10.0. The Kier molecular flexibility index (Phi) is 3.54. The van der Waals surface area contributed by atoms with Gasteiger partial charge in [-0.2, -0.15) is 0 Å². The quantitative estimate of drug-likeness (QED) is 0.880. The van der Waals surface area contributed by atoms with Gasteiger partial charge in [0.05, 0.1) is 11.7 Å². The highest BCUT2D eigenvalue weighted by Crippen LogP contribution is 2.26. The van der Waals surface area contributed by atoms with Crippen molar-refractivity contribution in [2.75, 3.05) is 7.05 Å². The first-order valence-corrected chi connectivity index (χ1v) is 5.53. The summed E-state index contributed by atoms with van der Waals surface area (Å²) >= 11 is 6.18. The van der Waals surface area contributed by atoms with Crippen LogP contribution in [0.25, 0.3) is 0 Å². The van der Waals surface area contributed by atoms with Gasteiger partial charge in [-0.3, -0.25) is 4.98 Å². The summed E-state index contributed by atoms with van der Waals surface area (Å²) in [7, 11) is 1.91. The van der Waals surface area contributed by atoms with Gasteiger partial charge in [-0.15, -0.1) is 0 Å². The van der Waals surface area contributed by atoms with Crippen molar-refractivity contribution in [1.82, 2.24) is 10.3 Å². The first-order chi connectivity index (χ1) is 7.83. The first kappa shape index (κ1) is 11.1. The summed E-state index contributed by atoms with van der Waals surface area (Å²) < 4.78 is 0. The average molecular weight is 233 g/mol. The Morgan fingerprint density at radius 2 is 1.88 bits per heavy atom. The lowest BCUT2D eigenvalue weighted by molar-refractivity contribution is 0.671. The molecule has 0 spiro atoms. The van der Waals surface area contributed by atoms with Crippen molar-refractivity contribution in [3.05, 3.63) is 64.9 Å². The number of rotatable bonds is 3. The number of nitrogens with one attached hydrogen (secondary N) is 1. The summed E-state index contributed by atoms with van der Waals surface area (Å²) in [6.45, 7) is 0. The smallest absolute Gasteiger partial charge is 0.0763 e. The molecule has 0 saturated carbocycles. The van der Waals surface area contributed by atoms with E-state index >= 15 is 0 Å². The van der Waals surface area contributed by atoms with Crippen molar-refractivity contribution < 1.29 is 0 Å². The van der Waals surface area contributed by atoms with Crippen molar-refractivity contribution in [1.29, 1.82) is 0 Å². The van der Waals surface area contributed by atoms with E-state index in [9.17, 15) is 0 Å². The molecule has 16 heavy (non-hydrogen) atoms. The number of hydrogen-bond acceptors (Lipinski definition) is 2. The van der Waals surface area contributed by atoms with E-state index < -0.39 is 0 Å². The molecule has 1 unspecified atom stereocenters. The zero-order chi connectivity index (χ0) is 11.4. The molecule has 3 heteroatoms. The fourth-order valence-corrected chi connectivity index (χ4v) is 1.96. The molecule has 0 aliphatic carbocycles. The van der Waals surface area contributed by atoms with Gasteiger partial charge < -0.3 is 5.32 Å². The molecule has 0 bridgehead atoms. The van der Waals surface area contributed by atoms with E-state index in [4.69, 9.17) is 11.6 Å². The molecule has 2 aromatic rings. The molecule has 1 aromatic heterocycles. The standard InChI is InChI=1S/C13H13ClN2/c1-15-13(12-8-4-5-9-16-12)10-6-2-3-7-11(10)14/h2-9,13,15H,1H3. The molecule has 0 fully saturated rings. The number of hydrogen-bond donors (Lipinski definition) is 1. The average Bonchev–Trinajstić information content (AvgIpc) is 2.34. The molecule has 1 atom stereocenters. The van der Waals surface area contributed by atoms with Crippen molar-refractivity contribution in [2.45, 2.75) is 6.04 Å². The van der Waals surface area contributed by atoms with Crippen LogP contribution in [0, 0.1) is 0 Å². The Bertz CT molecular complexity index is 456. The summed E-state index contributed by atoms with van der Waals surface area (Å²) in [6, 6.07) is 13.7. The van der Waals surface area contributed by atoms with E-state index in [0.717, 1.165) is 16.3 Å². The summed E-state index contributed by atoms with van der Waals surface area (Å²) in [6.07, 6.45) is 1.79. The van der Waals surface area contributed by atoms with Gasteiger partial charge in [0.1, 0.15) is 0 Å². The topological polar surface area (TPSA) is 24.9 Å². The van der Waals surface area contributed by atoms with Crippen LogP contribution in [0.5, 0.6) is 0 Å². The van der Waals surface area contributed by atoms with E-state index in [-0.39, 0.29) is 6.04 Å². The highest BCUT2D eigenvalue weighted by molar-refractivity contribution is 6.31. The normalized spacial score (nSPS) is 12.4. The minimum absolute atomic E-state index is 0.0369. The SMILES string of the molecule is CNC(c1ccccn1)c1ccccc1Cl. The second kappa shape index (κ2) is 5.10. The number of halogens is 1. The Morgan fingerprint density at radius 1 is 1.12 bits per heavy atom. The van der Waals surface area contributed by atoms with Crippen molar-refractivity contribution in [3.8, 4) is 0 Å². The molecular formula is C13H13ClN2. The lowest BCUT2D eigenvalue weighted by Crippen LogP contribution is -2.19. The maximum Gasteiger partial charge on any atom is 0.0763 e. The van der Waals surface area contributed by atoms with Gasteiger partial charge in [0.2, 0.25) is 0 Å². The van der Waals surface area contributed by atoms with Crippen LogP contribution in [0.2, 0.25) is 5.02 Å². The van der Waals surface area contributed by atoms with Crippen LogP contribution in [-0.4, -0.2) is 12.0 Å². The Hall–Kier alpha value is -1.38. The highest BCUT2D eigenvalue weighted by Gasteiger charge is 2.15. The number of benzene rings is 1. The van der Waals surface area contributed by atoms with Gasteiger partial charge in [0.15, 0.2) is 0 Å². The van der Waals surface area contributed by atoms with Gasteiger partial charge in [-0.25, -0.2) is 0 Å². The van der Waals surface area contributed by atoms with Gasteiger partial charge >= 0.3 is 0 Å². The van der Waals surface area contributed by atoms with Gasteiger partial charge in [0, 0.05) is 11.2 Å². The van der Waals surface area contributed by atoms with Crippen molar-refractivity contribution in [2.24, 2.45) is 0 Å². The first-order valence-electron chi connectivity index (χ1n) is 5.15. The summed E-state index contributed by atoms with van der Waals surface area (Å²) in [4.78, 5) is 4.35. The molecule has 0 saturated heterocycles. The fourth-order valence-electron chi connectivity index (χ4n) is 1.72. The lowest BCUT2D eigenvalue weighted by Gasteiger charge is -2.17. The molecule has 0 amide bonds. The van der Waals surface area contributed by atoms with E-state index in [0.29, 0.717) is 0 Å². The predicted octanol–water partition coefficient (Wildman–Crippen LogP) is 3.04. The third-order valence-electron chi connectivity index (χ3n) is 2.49. The zero-order valence-corrected chi connectivity index (χ0v) is 9.78. The third kappa shape index (κ3) is 2.23. The molecule has 0 aliphatic heterocycles. The van der Waals surface area contributed by atoms with E-state index in [1.807, 2.05) is 49.5 Å². The predicted molar refractivity (Wildman–Crippen MR) is 66.6 cm³/mol. The minimum atomic E-state index is 0.0369. The molecular weight excluding hydrogens is 220 g/mol. The maximum absolute atomic E-state index is 6.18. The minimum Gasteiger partial charge on any atom is -0.308 e. The van der Waals surface area contributed by atoms with Crippen LogP contribution in [0.15, 0.2) is 48.7 Å². The second-order valence-electron chi connectivity index (χ2n) is 3.50. The van der Waals surface area contributed by atoms with E-state index in [1.54, 1.807) is 6.20 Å². The highest BCUT2D eigenvalue weighted by atomic mass is 35.5. The van der Waals surface area contributed by atoms with E-state index in [2.05, 4.69) is 10.3 Å². The van der Waals surface area contributed by atoms with Crippen molar-refractivity contribution >= 4 is 11.6 Å². The molecule has 82 valence electrons. The fraction of sp³-hybridized carbons (Fsp3) is 0.154. The molecule has 0 radical (unpaired) electrons. The summed E-state index contributed by atoms with van der Waals surface area (Å²) in [5.41, 5.74) is 2.02. The number of nitrogens with zero attached hydrogens (tertiary/aromatic N) is 1. The van der Waals surface area contributed by atoms with Crippen LogP contribution < -0.4 is 5.32 Å². The van der Waals surface area contributed by atoms with Gasteiger partial charge in [0.25, 0.3) is 0 Å². The molecule has 1 heterocycles. The van der Waals surface area contributed by atoms with E-state index in [1.165, 1.54) is 0 Å². The zero-order valence-electron chi connectivity index (χ0n) is 9.02. The Morgan fingerprint density at radius 3 is 2.50 bits per heavy atom. The van der Waals surface area contributed by atoms with Crippen LogP contribution in [-0.2, 0) is 0 Å². The molecule has 1 N–H and O–H groups in total. The summed E-state index contributed by atoms with van der Waals surface area (Å²) in [5.74, 6) is 0. The Labute approximate surface area is 100 Å². The van der Waals surface area contributed by atoms with Crippen molar-refractivity contribution in [3.63, 3.8) is 0 Å². The van der Waals surface area contributed by atoms with Crippen LogP contribution >= 0.6 is 11.6 Å². The molecule has 0 aliphatic rings. The number of aromatic nitrogens is 1. The molecule has 1 aromatic carbocycles. The second-order valence-corrected chi connectivity index (χ2v) is 3.91. The largest absolute Gasteiger partial charge is 0.308 e. The monoisotopic (exact) mass is 232 g/mol. The summed E-state index contributed by atoms with van der Waals surface area (Å²) in [5, 5.41) is 3.99. The molecule has 2 rings (SSSR count). The van der Waals surface area contributed by atoms with Gasteiger partial charge in [-0.05, 0) is 30.8 Å². The number of pyridine rings is 1. The molecule has 2 nitrogen and oxygen atoms in total. The van der Waals surface area contributed by atoms with Crippen LogP contribution in [0.4, 0.5) is 0 Å². The van der Waals surface area contributed by atoms with Crippen LogP contribution in [0.1, 0.15) is 17.3 Å². The maximum atomic E-state index is 6.18. The van der Waals surface area contributed by atoms with Gasteiger partial charge in [-0.1, -0.05) is 35.9 Å². The third-order valence-corrected chi connectivity index (χ3v) is 2.83. The van der Waals surface area contributed by atoms with Crippen LogP contribution in [0.3, 0.4) is 0 Å². The Balaban J connectivity index is 2.41.